The Morgan fingerprint density at radius 2 is 2.47 bits per heavy atom. The molecule has 1 aromatic rings. The van der Waals surface area contributed by atoms with E-state index in [9.17, 15) is 4.79 Å². The molecule has 1 aromatic heterocycles. The summed E-state index contributed by atoms with van der Waals surface area (Å²) < 4.78 is 5.10. The zero-order valence-electron chi connectivity index (χ0n) is 9.03. The first-order chi connectivity index (χ1) is 7.20. The number of carbonyl (C=O) groups excluding carboxylic acids is 1. The molecule has 1 aliphatic rings. The van der Waals surface area contributed by atoms with Crippen LogP contribution < -0.4 is 0 Å². The van der Waals surface area contributed by atoms with Gasteiger partial charge >= 0.3 is 0 Å². The molecular weight excluding hydrogens is 210 g/mol. The monoisotopic (exact) mass is 225 g/mol. The Balaban J connectivity index is 2.08. The third-order valence-electron chi connectivity index (χ3n) is 2.83. The van der Waals surface area contributed by atoms with Gasteiger partial charge in [-0.3, -0.25) is 4.79 Å². The Bertz CT molecular complexity index is 361. The number of aryl methyl sites for hydroxylation is 1. The molecule has 0 N–H and O–H groups in total. The highest BCUT2D eigenvalue weighted by atomic mass is 32.1. The zero-order chi connectivity index (χ0) is 10.8. The standard InChI is InChI=1S/C11H15NO2S/c1-7-12-5-11(15-7)9-3-8(6-14-2)4-10(9)13/h5,8-9H,3-4,6H2,1-2H3. The lowest BCUT2D eigenvalue weighted by Gasteiger charge is -2.06. The average Bonchev–Trinajstić information content (AvgIpc) is 2.73. The first-order valence-corrected chi connectivity index (χ1v) is 5.96. The van der Waals surface area contributed by atoms with Gasteiger partial charge in [-0.05, 0) is 19.3 Å². The molecular formula is C11H15NO2S. The van der Waals surface area contributed by atoms with Crippen molar-refractivity contribution in [2.24, 2.45) is 5.92 Å². The van der Waals surface area contributed by atoms with Gasteiger partial charge in [0.25, 0.3) is 0 Å². The first kappa shape index (κ1) is 10.8. The van der Waals surface area contributed by atoms with Crippen LogP contribution in [0.5, 0.6) is 0 Å². The maximum Gasteiger partial charge on any atom is 0.141 e. The molecule has 0 bridgehead atoms. The molecule has 0 aliphatic heterocycles. The second-order valence-corrected chi connectivity index (χ2v) is 5.33. The number of methoxy groups -OCH3 is 1. The van der Waals surface area contributed by atoms with E-state index in [0.717, 1.165) is 16.3 Å². The van der Waals surface area contributed by atoms with Gasteiger partial charge in [0.2, 0.25) is 0 Å². The van der Waals surface area contributed by atoms with Crippen LogP contribution in [0.25, 0.3) is 0 Å². The summed E-state index contributed by atoms with van der Waals surface area (Å²) in [5, 5.41) is 1.04. The van der Waals surface area contributed by atoms with Gasteiger partial charge in [-0.15, -0.1) is 11.3 Å². The maximum atomic E-state index is 11.8. The molecule has 4 heteroatoms. The zero-order valence-corrected chi connectivity index (χ0v) is 9.84. The summed E-state index contributed by atoms with van der Waals surface area (Å²) in [6.07, 6.45) is 3.43. The van der Waals surface area contributed by atoms with Crippen molar-refractivity contribution in [1.29, 1.82) is 0 Å². The Kier molecular flexibility index (Phi) is 3.17. The largest absolute Gasteiger partial charge is 0.384 e. The van der Waals surface area contributed by atoms with E-state index < -0.39 is 0 Å². The van der Waals surface area contributed by atoms with Crippen LogP contribution in [0.2, 0.25) is 0 Å². The Hall–Kier alpha value is -0.740. The van der Waals surface area contributed by atoms with Crippen LogP contribution in [-0.2, 0) is 9.53 Å². The maximum absolute atomic E-state index is 11.8. The number of ether oxygens (including phenoxy) is 1. The summed E-state index contributed by atoms with van der Waals surface area (Å²) >= 11 is 1.64. The number of hydrogen-bond donors (Lipinski definition) is 0. The minimum Gasteiger partial charge on any atom is -0.384 e. The van der Waals surface area contributed by atoms with Gasteiger partial charge in [0.1, 0.15) is 5.78 Å². The van der Waals surface area contributed by atoms with Gasteiger partial charge in [0.15, 0.2) is 0 Å². The fraction of sp³-hybridized carbons (Fsp3) is 0.636. The lowest BCUT2D eigenvalue weighted by atomic mass is 10.0. The molecule has 1 heterocycles. The first-order valence-electron chi connectivity index (χ1n) is 5.14. The van der Waals surface area contributed by atoms with Crippen molar-refractivity contribution in [3.8, 4) is 0 Å². The third kappa shape index (κ3) is 2.26. The number of nitrogens with zero attached hydrogens (tertiary/aromatic N) is 1. The van der Waals surface area contributed by atoms with E-state index >= 15 is 0 Å². The van der Waals surface area contributed by atoms with Crippen molar-refractivity contribution >= 4 is 17.1 Å². The minimum absolute atomic E-state index is 0.0800. The number of ketones is 1. The van der Waals surface area contributed by atoms with Crippen molar-refractivity contribution in [3.63, 3.8) is 0 Å². The molecule has 2 rings (SSSR count). The number of rotatable bonds is 3. The van der Waals surface area contributed by atoms with Crippen LogP contribution >= 0.6 is 11.3 Å². The van der Waals surface area contributed by atoms with E-state index in [1.807, 2.05) is 13.1 Å². The molecule has 0 saturated heterocycles. The summed E-state index contributed by atoms with van der Waals surface area (Å²) in [6.45, 7) is 2.67. The number of aromatic nitrogens is 1. The van der Waals surface area contributed by atoms with Gasteiger partial charge in [-0.2, -0.15) is 0 Å². The predicted molar refractivity (Wildman–Crippen MR) is 59.2 cm³/mol. The third-order valence-corrected chi connectivity index (χ3v) is 3.86. The summed E-state index contributed by atoms with van der Waals surface area (Å²) in [5.74, 6) is 0.826. The Labute approximate surface area is 93.5 Å². The summed E-state index contributed by atoms with van der Waals surface area (Å²) in [4.78, 5) is 17.1. The average molecular weight is 225 g/mol. The van der Waals surface area contributed by atoms with Crippen molar-refractivity contribution in [3.05, 3.63) is 16.1 Å². The van der Waals surface area contributed by atoms with Crippen molar-refractivity contribution in [2.45, 2.75) is 25.7 Å². The minimum atomic E-state index is 0.0800. The van der Waals surface area contributed by atoms with Gasteiger partial charge < -0.3 is 4.74 Å². The Morgan fingerprint density at radius 3 is 3.07 bits per heavy atom. The molecule has 0 radical (unpaired) electrons. The summed E-state index contributed by atoms with van der Waals surface area (Å²) in [6, 6.07) is 0. The SMILES string of the molecule is COCC1CC(=O)C(c2cnc(C)s2)C1. The molecule has 1 saturated carbocycles. The predicted octanol–water partition coefficient (Wildman–Crippen LogP) is 2.16. The van der Waals surface area contributed by atoms with Gasteiger partial charge in [-0.25, -0.2) is 4.98 Å². The van der Waals surface area contributed by atoms with Crippen LogP contribution in [-0.4, -0.2) is 24.5 Å². The van der Waals surface area contributed by atoms with E-state index in [2.05, 4.69) is 4.98 Å². The lowest BCUT2D eigenvalue weighted by Crippen LogP contribution is -2.03. The number of carbonyl (C=O) groups is 1. The van der Waals surface area contributed by atoms with Gasteiger partial charge in [0.05, 0.1) is 10.9 Å². The van der Waals surface area contributed by atoms with Crippen molar-refractivity contribution < 1.29 is 9.53 Å². The second kappa shape index (κ2) is 4.41. The molecule has 0 amide bonds. The molecule has 2 atom stereocenters. The molecule has 3 nitrogen and oxygen atoms in total. The fourth-order valence-electron chi connectivity index (χ4n) is 2.15. The fourth-order valence-corrected chi connectivity index (χ4v) is 3.07. The smallest absolute Gasteiger partial charge is 0.141 e. The molecule has 1 fully saturated rings. The van der Waals surface area contributed by atoms with E-state index in [4.69, 9.17) is 4.74 Å². The van der Waals surface area contributed by atoms with Gasteiger partial charge in [0, 0.05) is 31.2 Å². The van der Waals surface area contributed by atoms with Crippen LogP contribution in [0.3, 0.4) is 0 Å². The molecule has 2 unspecified atom stereocenters. The van der Waals surface area contributed by atoms with Gasteiger partial charge in [-0.1, -0.05) is 0 Å². The lowest BCUT2D eigenvalue weighted by molar-refractivity contribution is -0.118. The van der Waals surface area contributed by atoms with Crippen molar-refractivity contribution in [2.75, 3.05) is 13.7 Å². The molecule has 0 spiro atoms. The normalized spacial score (nSPS) is 26.1. The highest BCUT2D eigenvalue weighted by molar-refractivity contribution is 7.11. The number of hydrogen-bond acceptors (Lipinski definition) is 4. The molecule has 15 heavy (non-hydrogen) atoms. The highest BCUT2D eigenvalue weighted by Gasteiger charge is 2.34. The summed E-state index contributed by atoms with van der Waals surface area (Å²) in [5.41, 5.74) is 0. The highest BCUT2D eigenvalue weighted by Crippen LogP contribution is 2.37. The van der Waals surface area contributed by atoms with E-state index in [0.29, 0.717) is 24.7 Å². The summed E-state index contributed by atoms with van der Waals surface area (Å²) in [7, 11) is 1.69. The van der Waals surface area contributed by atoms with Crippen LogP contribution in [0.1, 0.15) is 28.6 Å². The number of Topliss-reactive ketones (excluding diaryl/α,β-unsaturated/α-hetero) is 1. The van der Waals surface area contributed by atoms with Crippen LogP contribution in [0.4, 0.5) is 0 Å². The second-order valence-electron chi connectivity index (χ2n) is 4.06. The quantitative estimate of drug-likeness (QED) is 0.791. The molecule has 1 aliphatic carbocycles. The van der Waals surface area contributed by atoms with Crippen LogP contribution in [0.15, 0.2) is 6.20 Å². The topological polar surface area (TPSA) is 39.2 Å². The van der Waals surface area contributed by atoms with Crippen LogP contribution in [0, 0.1) is 12.8 Å². The van der Waals surface area contributed by atoms with E-state index in [1.165, 1.54) is 0 Å². The van der Waals surface area contributed by atoms with Crippen molar-refractivity contribution in [1.82, 2.24) is 4.98 Å². The van der Waals surface area contributed by atoms with E-state index in [-0.39, 0.29) is 5.92 Å². The molecule has 0 aromatic carbocycles. The Morgan fingerprint density at radius 1 is 1.67 bits per heavy atom. The number of thiazole rings is 1. The van der Waals surface area contributed by atoms with E-state index in [1.54, 1.807) is 18.4 Å². The molecule has 82 valence electrons.